The molecule has 1 N–H and O–H groups in total. The van der Waals surface area contributed by atoms with Crippen molar-refractivity contribution in [2.75, 3.05) is 0 Å². The average molecular weight is 177 g/mol. The van der Waals surface area contributed by atoms with Gasteiger partial charge in [-0.25, -0.2) is 9.37 Å². The molecular weight excluding hydrogens is 169 g/mol. The van der Waals surface area contributed by atoms with Crippen LogP contribution < -0.4 is 0 Å². The van der Waals surface area contributed by atoms with E-state index < -0.39 is 0 Å². The Morgan fingerprint density at radius 1 is 1.38 bits per heavy atom. The molecule has 0 fully saturated rings. The lowest BCUT2D eigenvalue weighted by Gasteiger charge is -2.02. The third-order valence-corrected chi connectivity index (χ3v) is 1.87. The molecule has 0 unspecified atom stereocenters. The number of hydrogen-bond donors (Lipinski definition) is 1. The van der Waals surface area contributed by atoms with Gasteiger partial charge in [0.25, 0.3) is 0 Å². The van der Waals surface area contributed by atoms with Crippen molar-refractivity contribution >= 4 is 0 Å². The SMILES string of the molecule is Cc1cccc(F)c1-c1ncn[nH]1. The number of aryl methyl sites for hydroxylation is 1. The Hall–Kier alpha value is -1.71. The molecule has 0 aliphatic carbocycles. The van der Waals surface area contributed by atoms with E-state index in [1.165, 1.54) is 12.4 Å². The maximum Gasteiger partial charge on any atom is 0.158 e. The largest absolute Gasteiger partial charge is 0.259 e. The van der Waals surface area contributed by atoms with Gasteiger partial charge in [-0.3, -0.25) is 5.10 Å². The van der Waals surface area contributed by atoms with Crippen molar-refractivity contribution in [1.82, 2.24) is 15.2 Å². The molecule has 66 valence electrons. The first-order chi connectivity index (χ1) is 6.29. The van der Waals surface area contributed by atoms with Crippen molar-refractivity contribution in [2.24, 2.45) is 0 Å². The molecule has 0 atom stereocenters. The zero-order chi connectivity index (χ0) is 9.26. The normalized spacial score (nSPS) is 10.3. The second-order valence-electron chi connectivity index (χ2n) is 2.77. The third kappa shape index (κ3) is 1.30. The summed E-state index contributed by atoms with van der Waals surface area (Å²) in [5.41, 5.74) is 1.33. The summed E-state index contributed by atoms with van der Waals surface area (Å²) in [5.74, 6) is 0.187. The van der Waals surface area contributed by atoms with Gasteiger partial charge in [0, 0.05) is 0 Å². The van der Waals surface area contributed by atoms with E-state index in [-0.39, 0.29) is 5.82 Å². The van der Waals surface area contributed by atoms with E-state index >= 15 is 0 Å². The fraction of sp³-hybridized carbons (Fsp3) is 0.111. The minimum Gasteiger partial charge on any atom is -0.259 e. The first-order valence-electron chi connectivity index (χ1n) is 3.90. The topological polar surface area (TPSA) is 41.6 Å². The lowest BCUT2D eigenvalue weighted by Crippen LogP contribution is -1.90. The zero-order valence-electron chi connectivity index (χ0n) is 7.08. The summed E-state index contributed by atoms with van der Waals surface area (Å²) in [4.78, 5) is 3.90. The zero-order valence-corrected chi connectivity index (χ0v) is 7.08. The van der Waals surface area contributed by atoms with Crippen molar-refractivity contribution in [3.05, 3.63) is 35.9 Å². The highest BCUT2D eigenvalue weighted by Crippen LogP contribution is 2.21. The highest BCUT2D eigenvalue weighted by Gasteiger charge is 2.09. The maximum absolute atomic E-state index is 13.3. The van der Waals surface area contributed by atoms with Crippen LogP contribution >= 0.6 is 0 Å². The second-order valence-corrected chi connectivity index (χ2v) is 2.77. The lowest BCUT2D eigenvalue weighted by atomic mass is 10.1. The van der Waals surface area contributed by atoms with Crippen LogP contribution in [0.15, 0.2) is 24.5 Å². The molecule has 1 heterocycles. The van der Waals surface area contributed by atoms with Crippen LogP contribution in [0.5, 0.6) is 0 Å². The number of aromatic nitrogens is 3. The van der Waals surface area contributed by atoms with Crippen LogP contribution in [0.2, 0.25) is 0 Å². The molecule has 4 heteroatoms. The van der Waals surface area contributed by atoms with Crippen LogP contribution in [0.4, 0.5) is 4.39 Å². The van der Waals surface area contributed by atoms with Gasteiger partial charge in [0.2, 0.25) is 0 Å². The van der Waals surface area contributed by atoms with Gasteiger partial charge in [0.05, 0.1) is 5.56 Å². The summed E-state index contributed by atoms with van der Waals surface area (Å²) in [6, 6.07) is 4.91. The predicted molar refractivity (Wildman–Crippen MR) is 46.5 cm³/mol. The number of aromatic amines is 1. The molecule has 13 heavy (non-hydrogen) atoms. The Bertz CT molecular complexity index is 389. The standard InChI is InChI=1S/C9H8FN3/c1-6-3-2-4-7(10)8(6)9-11-5-12-13-9/h2-5H,1H3,(H,11,12,13). The first-order valence-corrected chi connectivity index (χ1v) is 3.90. The molecule has 0 saturated carbocycles. The second kappa shape index (κ2) is 2.97. The van der Waals surface area contributed by atoms with Crippen molar-refractivity contribution in [3.8, 4) is 11.4 Å². The van der Waals surface area contributed by atoms with Crippen LogP contribution in [0.3, 0.4) is 0 Å². The molecule has 0 amide bonds. The Morgan fingerprint density at radius 2 is 2.23 bits per heavy atom. The smallest absolute Gasteiger partial charge is 0.158 e. The molecule has 3 nitrogen and oxygen atoms in total. The minimum atomic E-state index is -0.281. The molecule has 0 bridgehead atoms. The van der Waals surface area contributed by atoms with Crippen LogP contribution in [0.1, 0.15) is 5.56 Å². The number of H-pyrrole nitrogens is 1. The van der Waals surface area contributed by atoms with Crippen LogP contribution in [0.25, 0.3) is 11.4 Å². The monoisotopic (exact) mass is 177 g/mol. The van der Waals surface area contributed by atoms with Gasteiger partial charge >= 0.3 is 0 Å². The summed E-state index contributed by atoms with van der Waals surface area (Å²) >= 11 is 0. The average Bonchev–Trinajstić information content (AvgIpc) is 2.57. The van der Waals surface area contributed by atoms with E-state index in [0.717, 1.165) is 5.56 Å². The Morgan fingerprint density at radius 3 is 2.85 bits per heavy atom. The van der Waals surface area contributed by atoms with Crippen LogP contribution in [-0.4, -0.2) is 15.2 Å². The molecule has 2 aromatic rings. The fourth-order valence-electron chi connectivity index (χ4n) is 1.26. The highest BCUT2D eigenvalue weighted by molar-refractivity contribution is 5.59. The molecule has 1 aromatic heterocycles. The van der Waals surface area contributed by atoms with Crippen molar-refractivity contribution in [3.63, 3.8) is 0 Å². The quantitative estimate of drug-likeness (QED) is 0.723. The molecule has 1 aromatic carbocycles. The highest BCUT2D eigenvalue weighted by atomic mass is 19.1. The van der Waals surface area contributed by atoms with Gasteiger partial charge in [0.15, 0.2) is 5.82 Å². The summed E-state index contributed by atoms with van der Waals surface area (Å²) in [6.45, 7) is 1.83. The summed E-state index contributed by atoms with van der Waals surface area (Å²) in [6.07, 6.45) is 1.36. The number of benzene rings is 1. The van der Waals surface area contributed by atoms with E-state index in [1.807, 2.05) is 13.0 Å². The van der Waals surface area contributed by atoms with Crippen LogP contribution in [-0.2, 0) is 0 Å². The molecular formula is C9H8FN3. The van der Waals surface area contributed by atoms with Gasteiger partial charge in [-0.15, -0.1) is 0 Å². The number of halogens is 1. The molecule has 0 radical (unpaired) electrons. The minimum absolute atomic E-state index is 0.281. The molecule has 0 aliphatic rings. The van der Waals surface area contributed by atoms with Crippen molar-refractivity contribution in [2.45, 2.75) is 6.92 Å². The van der Waals surface area contributed by atoms with Gasteiger partial charge in [-0.05, 0) is 18.6 Å². The van der Waals surface area contributed by atoms with Gasteiger partial charge in [-0.1, -0.05) is 12.1 Å². The van der Waals surface area contributed by atoms with E-state index in [1.54, 1.807) is 6.07 Å². The molecule has 0 spiro atoms. The molecule has 0 aliphatic heterocycles. The van der Waals surface area contributed by atoms with E-state index in [4.69, 9.17) is 0 Å². The number of rotatable bonds is 1. The predicted octanol–water partition coefficient (Wildman–Crippen LogP) is 1.92. The molecule has 2 rings (SSSR count). The number of nitrogens with one attached hydrogen (secondary N) is 1. The van der Waals surface area contributed by atoms with E-state index in [0.29, 0.717) is 11.4 Å². The Kier molecular flexibility index (Phi) is 1.81. The third-order valence-electron chi connectivity index (χ3n) is 1.87. The first kappa shape index (κ1) is 7.91. The van der Waals surface area contributed by atoms with Crippen molar-refractivity contribution < 1.29 is 4.39 Å². The van der Waals surface area contributed by atoms with E-state index in [9.17, 15) is 4.39 Å². The van der Waals surface area contributed by atoms with Crippen molar-refractivity contribution in [1.29, 1.82) is 0 Å². The number of nitrogens with zero attached hydrogens (tertiary/aromatic N) is 2. The summed E-state index contributed by atoms with van der Waals surface area (Å²) < 4.78 is 13.3. The van der Waals surface area contributed by atoms with Crippen LogP contribution in [0, 0.1) is 12.7 Å². The van der Waals surface area contributed by atoms with Gasteiger partial charge in [0.1, 0.15) is 12.1 Å². The van der Waals surface area contributed by atoms with E-state index in [2.05, 4.69) is 15.2 Å². The fourth-order valence-corrected chi connectivity index (χ4v) is 1.26. The number of hydrogen-bond acceptors (Lipinski definition) is 2. The van der Waals surface area contributed by atoms with Gasteiger partial charge < -0.3 is 0 Å². The van der Waals surface area contributed by atoms with Gasteiger partial charge in [-0.2, -0.15) is 5.10 Å². The Balaban J connectivity index is 2.64. The molecule has 0 saturated heterocycles. The Labute approximate surface area is 74.6 Å². The lowest BCUT2D eigenvalue weighted by molar-refractivity contribution is 0.629. The maximum atomic E-state index is 13.3. The summed E-state index contributed by atoms with van der Waals surface area (Å²) in [5, 5.41) is 6.31. The summed E-state index contributed by atoms with van der Waals surface area (Å²) in [7, 11) is 0.